The Balaban J connectivity index is 2.34. The Bertz CT molecular complexity index is 724. The van der Waals surface area contributed by atoms with E-state index in [1.165, 1.54) is 21.9 Å². The van der Waals surface area contributed by atoms with E-state index in [4.69, 9.17) is 0 Å². The summed E-state index contributed by atoms with van der Waals surface area (Å²) >= 11 is 1.19. The number of carboxylic acids is 1. The van der Waals surface area contributed by atoms with Crippen LogP contribution in [0.15, 0.2) is 10.9 Å². The van der Waals surface area contributed by atoms with Gasteiger partial charge in [-0.05, 0) is 12.3 Å². The Morgan fingerprint density at radius 2 is 2.23 bits per heavy atom. The number of nitrogens with zero attached hydrogens (tertiary/aromatic N) is 3. The number of anilines is 1. The van der Waals surface area contributed by atoms with Crippen LogP contribution in [0, 0.1) is 5.92 Å². The Morgan fingerprint density at radius 1 is 1.50 bits per heavy atom. The average Bonchev–Trinajstić information content (AvgIpc) is 2.87. The molecule has 0 bridgehead atoms. The van der Waals surface area contributed by atoms with Gasteiger partial charge in [-0.15, -0.1) is 5.10 Å². The van der Waals surface area contributed by atoms with Gasteiger partial charge in [-0.2, -0.15) is 4.52 Å². The minimum atomic E-state index is -0.930. The molecule has 2 aromatic heterocycles. The van der Waals surface area contributed by atoms with Crippen molar-refractivity contribution in [3.63, 3.8) is 0 Å². The summed E-state index contributed by atoms with van der Waals surface area (Å²) in [5.41, 5.74) is 0.493. The maximum absolute atomic E-state index is 12.0. The number of nitrogens with one attached hydrogen (secondary N) is 1. The molecule has 2 rings (SSSR count). The van der Waals surface area contributed by atoms with Crippen LogP contribution in [0.25, 0.3) is 4.96 Å². The minimum Gasteiger partial charge on any atom is -0.480 e. The lowest BCUT2D eigenvalue weighted by atomic mass is 10.00. The van der Waals surface area contributed by atoms with Gasteiger partial charge < -0.3 is 10.4 Å². The fourth-order valence-electron chi connectivity index (χ4n) is 2.11. The summed E-state index contributed by atoms with van der Waals surface area (Å²) in [5, 5.41) is 16.7. The van der Waals surface area contributed by atoms with Crippen molar-refractivity contribution in [2.24, 2.45) is 5.92 Å². The van der Waals surface area contributed by atoms with Crippen LogP contribution in [-0.4, -0.2) is 31.7 Å². The van der Waals surface area contributed by atoms with E-state index in [1.807, 2.05) is 20.8 Å². The third-order valence-electron chi connectivity index (χ3n) is 3.56. The van der Waals surface area contributed by atoms with Crippen molar-refractivity contribution in [3.05, 3.63) is 22.1 Å². The van der Waals surface area contributed by atoms with E-state index in [0.29, 0.717) is 10.1 Å². The van der Waals surface area contributed by atoms with Gasteiger partial charge in [-0.3, -0.25) is 4.79 Å². The number of hydrogen-bond acceptors (Lipinski definition) is 6. The summed E-state index contributed by atoms with van der Waals surface area (Å²) in [7, 11) is 0. The van der Waals surface area contributed by atoms with Crippen LogP contribution in [0.3, 0.4) is 0 Å². The molecule has 0 radical (unpaired) electrons. The molecular weight excluding hydrogens is 304 g/mol. The van der Waals surface area contributed by atoms with Crippen molar-refractivity contribution in [1.82, 2.24) is 14.6 Å². The Kier molecular flexibility index (Phi) is 5.12. The first-order valence-corrected chi connectivity index (χ1v) is 8.17. The molecule has 0 aliphatic heterocycles. The van der Waals surface area contributed by atoms with E-state index in [9.17, 15) is 14.7 Å². The number of fused-ring (bicyclic) bond motifs is 1. The molecule has 120 valence electrons. The van der Waals surface area contributed by atoms with Gasteiger partial charge in [0.05, 0.1) is 0 Å². The molecule has 0 aromatic carbocycles. The second-order valence-electron chi connectivity index (χ2n) is 5.28. The second-order valence-corrected chi connectivity index (χ2v) is 6.24. The van der Waals surface area contributed by atoms with Gasteiger partial charge >= 0.3 is 5.97 Å². The number of carboxylic acid groups (broad SMARTS) is 1. The average molecular weight is 324 g/mol. The molecule has 2 heterocycles. The molecule has 0 fully saturated rings. The Labute approximate surface area is 132 Å². The van der Waals surface area contributed by atoms with Crippen molar-refractivity contribution in [1.29, 1.82) is 0 Å². The number of hydrogen-bond donors (Lipinski definition) is 2. The largest absolute Gasteiger partial charge is 0.480 e. The van der Waals surface area contributed by atoms with Crippen LogP contribution in [0.5, 0.6) is 0 Å². The number of aromatic nitrogens is 3. The predicted molar refractivity (Wildman–Crippen MR) is 85.6 cm³/mol. The molecule has 0 saturated carbocycles. The summed E-state index contributed by atoms with van der Waals surface area (Å²) in [6.07, 6.45) is 2.37. The van der Waals surface area contributed by atoms with Crippen molar-refractivity contribution < 1.29 is 9.90 Å². The molecule has 0 aliphatic carbocycles. The lowest BCUT2D eigenvalue weighted by molar-refractivity contribution is -0.139. The number of carbonyl (C=O) groups is 1. The number of aryl methyl sites for hydroxylation is 1. The fourth-order valence-corrected chi connectivity index (χ4v) is 2.98. The Morgan fingerprint density at radius 3 is 2.82 bits per heavy atom. The first-order chi connectivity index (χ1) is 10.5. The van der Waals surface area contributed by atoms with Crippen LogP contribution in [0.2, 0.25) is 0 Å². The van der Waals surface area contributed by atoms with Crippen molar-refractivity contribution in [2.75, 3.05) is 5.32 Å². The first kappa shape index (κ1) is 16.4. The van der Waals surface area contributed by atoms with E-state index in [0.717, 1.165) is 25.0 Å². The molecule has 0 aliphatic rings. The van der Waals surface area contributed by atoms with Crippen molar-refractivity contribution in [3.8, 4) is 0 Å². The molecule has 0 spiro atoms. The molecule has 2 atom stereocenters. The van der Waals surface area contributed by atoms with Gasteiger partial charge in [-0.1, -0.05) is 44.9 Å². The minimum absolute atomic E-state index is 0.0511. The summed E-state index contributed by atoms with van der Waals surface area (Å²) < 4.78 is 1.21. The molecule has 7 nitrogen and oxygen atoms in total. The second kappa shape index (κ2) is 6.87. The van der Waals surface area contributed by atoms with Crippen molar-refractivity contribution in [2.45, 2.75) is 46.1 Å². The van der Waals surface area contributed by atoms with Crippen LogP contribution in [0.4, 0.5) is 5.13 Å². The molecule has 2 aromatic rings. The van der Waals surface area contributed by atoms with E-state index in [2.05, 4.69) is 15.4 Å². The quantitative estimate of drug-likeness (QED) is 0.809. The number of aliphatic carboxylic acids is 1. The van der Waals surface area contributed by atoms with E-state index in [-0.39, 0.29) is 11.5 Å². The maximum Gasteiger partial charge on any atom is 0.326 e. The summed E-state index contributed by atoms with van der Waals surface area (Å²) in [4.78, 5) is 28.2. The highest BCUT2D eigenvalue weighted by molar-refractivity contribution is 7.20. The van der Waals surface area contributed by atoms with Crippen LogP contribution >= 0.6 is 11.3 Å². The summed E-state index contributed by atoms with van der Waals surface area (Å²) in [5.74, 6) is -0.981. The molecule has 8 heteroatoms. The van der Waals surface area contributed by atoms with Gasteiger partial charge in [0, 0.05) is 11.8 Å². The third kappa shape index (κ3) is 3.44. The van der Waals surface area contributed by atoms with Crippen LogP contribution in [0.1, 0.15) is 39.3 Å². The predicted octanol–water partition coefficient (Wildman–Crippen LogP) is 2.01. The zero-order valence-electron chi connectivity index (χ0n) is 12.9. The summed E-state index contributed by atoms with van der Waals surface area (Å²) in [6.45, 7) is 5.82. The lowest BCUT2D eigenvalue weighted by Gasteiger charge is -2.18. The topological polar surface area (TPSA) is 96.6 Å². The monoisotopic (exact) mass is 324 g/mol. The first-order valence-electron chi connectivity index (χ1n) is 7.35. The molecule has 0 unspecified atom stereocenters. The lowest BCUT2D eigenvalue weighted by Crippen LogP contribution is -2.35. The van der Waals surface area contributed by atoms with Crippen molar-refractivity contribution >= 4 is 27.4 Å². The third-order valence-corrected chi connectivity index (χ3v) is 4.40. The Hall–Kier alpha value is -1.96. The number of rotatable bonds is 7. The SMILES string of the molecule is CCCc1cc(=O)n2nc(N[C@H](C(=O)O)[C@@H](C)CC)sc2n1. The molecule has 2 N–H and O–H groups in total. The summed E-state index contributed by atoms with van der Waals surface area (Å²) in [6, 6.07) is 0.736. The van der Waals surface area contributed by atoms with Gasteiger partial charge in [-0.25, -0.2) is 9.78 Å². The molecular formula is C14H20N4O3S. The van der Waals surface area contributed by atoms with E-state index >= 15 is 0 Å². The van der Waals surface area contributed by atoms with Gasteiger partial charge in [0.2, 0.25) is 10.1 Å². The van der Waals surface area contributed by atoms with Crippen LogP contribution < -0.4 is 10.9 Å². The van der Waals surface area contributed by atoms with E-state index < -0.39 is 12.0 Å². The van der Waals surface area contributed by atoms with Crippen LogP contribution in [-0.2, 0) is 11.2 Å². The standard InChI is InChI=1S/C14H20N4O3S/c1-4-6-9-7-10(19)18-14(15-9)22-13(17-18)16-11(12(20)21)8(3)5-2/h7-8,11H,4-6H2,1-3H3,(H,16,17)(H,20,21)/t8-,11-/m0/s1. The van der Waals surface area contributed by atoms with Gasteiger partial charge in [0.15, 0.2) is 0 Å². The van der Waals surface area contributed by atoms with Gasteiger partial charge in [0.25, 0.3) is 5.56 Å². The zero-order valence-corrected chi connectivity index (χ0v) is 13.7. The highest BCUT2D eigenvalue weighted by Crippen LogP contribution is 2.20. The maximum atomic E-state index is 12.0. The highest BCUT2D eigenvalue weighted by atomic mass is 32.1. The molecule has 22 heavy (non-hydrogen) atoms. The smallest absolute Gasteiger partial charge is 0.326 e. The normalized spacial score (nSPS) is 14.0. The van der Waals surface area contributed by atoms with Gasteiger partial charge in [0.1, 0.15) is 6.04 Å². The molecule has 0 amide bonds. The molecule has 0 saturated heterocycles. The van der Waals surface area contributed by atoms with E-state index in [1.54, 1.807) is 0 Å². The zero-order chi connectivity index (χ0) is 16.3. The highest BCUT2D eigenvalue weighted by Gasteiger charge is 2.24. The fraction of sp³-hybridized carbons (Fsp3) is 0.571.